The minimum absolute atomic E-state index is 0.155. The van der Waals surface area contributed by atoms with E-state index in [0.29, 0.717) is 11.6 Å². The van der Waals surface area contributed by atoms with E-state index in [2.05, 4.69) is 15.3 Å². The summed E-state index contributed by atoms with van der Waals surface area (Å²) >= 11 is 0. The summed E-state index contributed by atoms with van der Waals surface area (Å²) < 4.78 is 5.13. The molecule has 0 fully saturated rings. The summed E-state index contributed by atoms with van der Waals surface area (Å²) in [6.45, 7) is 1.43. The SMILES string of the molecule is CC(=O)Nc1cc(-c2cnco2)ccn1. The molecule has 0 unspecified atom stereocenters. The number of rotatable bonds is 2. The van der Waals surface area contributed by atoms with Crippen molar-refractivity contribution in [2.24, 2.45) is 0 Å². The number of nitrogens with one attached hydrogen (secondary N) is 1. The summed E-state index contributed by atoms with van der Waals surface area (Å²) in [6.07, 6.45) is 4.56. The number of hydrogen-bond acceptors (Lipinski definition) is 4. The molecule has 2 rings (SSSR count). The molecule has 5 heteroatoms. The molecule has 15 heavy (non-hydrogen) atoms. The highest BCUT2D eigenvalue weighted by atomic mass is 16.3. The number of amides is 1. The molecule has 0 saturated carbocycles. The number of carbonyl (C=O) groups is 1. The fourth-order valence-corrected chi connectivity index (χ4v) is 1.19. The van der Waals surface area contributed by atoms with Gasteiger partial charge in [-0.15, -0.1) is 0 Å². The quantitative estimate of drug-likeness (QED) is 0.806. The molecule has 0 aliphatic carbocycles. The smallest absolute Gasteiger partial charge is 0.222 e. The van der Waals surface area contributed by atoms with Crippen LogP contribution in [0.2, 0.25) is 0 Å². The zero-order valence-corrected chi connectivity index (χ0v) is 8.10. The van der Waals surface area contributed by atoms with Crippen LogP contribution in [0, 0.1) is 0 Å². The van der Waals surface area contributed by atoms with Crippen molar-refractivity contribution in [2.45, 2.75) is 6.92 Å². The first-order chi connectivity index (χ1) is 7.25. The van der Waals surface area contributed by atoms with Crippen molar-refractivity contribution < 1.29 is 9.21 Å². The summed E-state index contributed by atoms with van der Waals surface area (Å²) in [4.78, 5) is 18.6. The Labute approximate surface area is 86.2 Å². The maximum Gasteiger partial charge on any atom is 0.222 e. The van der Waals surface area contributed by atoms with Gasteiger partial charge >= 0.3 is 0 Å². The molecule has 0 spiro atoms. The third kappa shape index (κ3) is 2.19. The van der Waals surface area contributed by atoms with E-state index in [1.54, 1.807) is 24.5 Å². The van der Waals surface area contributed by atoms with E-state index in [0.717, 1.165) is 5.56 Å². The molecule has 0 aliphatic rings. The Kier molecular flexibility index (Phi) is 2.45. The minimum atomic E-state index is -0.155. The molecule has 76 valence electrons. The zero-order valence-electron chi connectivity index (χ0n) is 8.10. The van der Waals surface area contributed by atoms with Crippen molar-refractivity contribution in [2.75, 3.05) is 5.32 Å². The van der Waals surface area contributed by atoms with Crippen molar-refractivity contribution in [3.05, 3.63) is 30.9 Å². The second-order valence-electron chi connectivity index (χ2n) is 2.98. The average molecular weight is 203 g/mol. The van der Waals surface area contributed by atoms with Crippen LogP contribution in [0.3, 0.4) is 0 Å². The molecule has 1 amide bonds. The third-order valence-corrected chi connectivity index (χ3v) is 1.78. The zero-order chi connectivity index (χ0) is 10.7. The van der Waals surface area contributed by atoms with Gasteiger partial charge in [0.15, 0.2) is 12.2 Å². The van der Waals surface area contributed by atoms with Gasteiger partial charge in [0.25, 0.3) is 0 Å². The lowest BCUT2D eigenvalue weighted by Crippen LogP contribution is -2.07. The van der Waals surface area contributed by atoms with Crippen LogP contribution >= 0.6 is 0 Å². The Balaban J connectivity index is 2.31. The summed E-state index contributed by atoms with van der Waals surface area (Å²) in [5, 5.41) is 2.60. The van der Waals surface area contributed by atoms with Gasteiger partial charge in [-0.05, 0) is 12.1 Å². The maximum atomic E-state index is 10.8. The molecule has 0 aliphatic heterocycles. The molecular weight excluding hydrogens is 194 g/mol. The van der Waals surface area contributed by atoms with E-state index in [4.69, 9.17) is 4.42 Å². The van der Waals surface area contributed by atoms with E-state index in [1.165, 1.54) is 13.3 Å². The van der Waals surface area contributed by atoms with Gasteiger partial charge in [0.1, 0.15) is 5.82 Å². The van der Waals surface area contributed by atoms with Crippen molar-refractivity contribution in [1.29, 1.82) is 0 Å². The van der Waals surface area contributed by atoms with Crippen molar-refractivity contribution in [3.8, 4) is 11.3 Å². The standard InChI is InChI=1S/C10H9N3O2/c1-7(14)13-10-4-8(2-3-12-10)9-5-11-6-15-9/h2-6H,1H3,(H,12,13,14). The molecule has 2 aromatic heterocycles. The fourth-order valence-electron chi connectivity index (χ4n) is 1.19. The van der Waals surface area contributed by atoms with Gasteiger partial charge in [0.2, 0.25) is 5.91 Å². The van der Waals surface area contributed by atoms with Crippen molar-refractivity contribution in [3.63, 3.8) is 0 Å². The van der Waals surface area contributed by atoms with E-state index < -0.39 is 0 Å². The fraction of sp³-hybridized carbons (Fsp3) is 0.100. The molecule has 2 heterocycles. The predicted molar refractivity (Wildman–Crippen MR) is 54.0 cm³/mol. The van der Waals surface area contributed by atoms with Gasteiger partial charge in [0.05, 0.1) is 6.20 Å². The molecule has 0 aromatic carbocycles. The Morgan fingerprint density at radius 2 is 2.40 bits per heavy atom. The molecule has 0 radical (unpaired) electrons. The number of aromatic nitrogens is 2. The van der Waals surface area contributed by atoms with Gasteiger partial charge in [-0.2, -0.15) is 0 Å². The van der Waals surface area contributed by atoms with Crippen LogP contribution in [0.1, 0.15) is 6.92 Å². The minimum Gasteiger partial charge on any atom is -0.444 e. The van der Waals surface area contributed by atoms with E-state index >= 15 is 0 Å². The number of anilines is 1. The number of carbonyl (C=O) groups excluding carboxylic acids is 1. The van der Waals surface area contributed by atoms with Gasteiger partial charge in [-0.1, -0.05) is 0 Å². The monoisotopic (exact) mass is 203 g/mol. The Morgan fingerprint density at radius 1 is 1.53 bits per heavy atom. The van der Waals surface area contributed by atoms with Crippen LogP contribution in [0.25, 0.3) is 11.3 Å². The second-order valence-corrected chi connectivity index (χ2v) is 2.98. The summed E-state index contributed by atoms with van der Waals surface area (Å²) in [5.74, 6) is 0.984. The van der Waals surface area contributed by atoms with Crippen LogP contribution < -0.4 is 5.32 Å². The van der Waals surface area contributed by atoms with Crippen LogP contribution in [-0.2, 0) is 4.79 Å². The van der Waals surface area contributed by atoms with Crippen LogP contribution in [0.4, 0.5) is 5.82 Å². The summed E-state index contributed by atoms with van der Waals surface area (Å²) in [7, 11) is 0. The highest BCUT2D eigenvalue weighted by Crippen LogP contribution is 2.20. The van der Waals surface area contributed by atoms with E-state index in [-0.39, 0.29) is 5.91 Å². The first-order valence-electron chi connectivity index (χ1n) is 4.38. The van der Waals surface area contributed by atoms with Crippen LogP contribution in [-0.4, -0.2) is 15.9 Å². The lowest BCUT2D eigenvalue weighted by Gasteiger charge is -2.01. The predicted octanol–water partition coefficient (Wildman–Crippen LogP) is 1.69. The molecule has 5 nitrogen and oxygen atoms in total. The number of nitrogens with zero attached hydrogens (tertiary/aromatic N) is 2. The molecule has 1 N–H and O–H groups in total. The first kappa shape index (κ1) is 9.39. The van der Waals surface area contributed by atoms with Crippen molar-refractivity contribution >= 4 is 11.7 Å². The average Bonchev–Trinajstić information content (AvgIpc) is 2.69. The number of oxazole rings is 1. The molecule has 0 atom stereocenters. The Morgan fingerprint density at radius 3 is 3.07 bits per heavy atom. The molecule has 0 bridgehead atoms. The van der Waals surface area contributed by atoms with Crippen LogP contribution in [0.15, 0.2) is 35.3 Å². The number of pyridine rings is 1. The van der Waals surface area contributed by atoms with Gasteiger partial charge < -0.3 is 9.73 Å². The van der Waals surface area contributed by atoms with Gasteiger partial charge in [0, 0.05) is 18.7 Å². The second kappa shape index (κ2) is 3.91. The number of hydrogen-bond donors (Lipinski definition) is 1. The Hall–Kier alpha value is -2.17. The van der Waals surface area contributed by atoms with E-state index in [1.807, 2.05) is 0 Å². The maximum absolute atomic E-state index is 10.8. The molecular formula is C10H9N3O2. The topological polar surface area (TPSA) is 68.0 Å². The molecule has 0 saturated heterocycles. The molecule has 2 aromatic rings. The largest absolute Gasteiger partial charge is 0.444 e. The normalized spacial score (nSPS) is 9.93. The highest BCUT2D eigenvalue weighted by molar-refractivity contribution is 5.88. The van der Waals surface area contributed by atoms with Crippen LogP contribution in [0.5, 0.6) is 0 Å². The van der Waals surface area contributed by atoms with Crippen molar-refractivity contribution in [1.82, 2.24) is 9.97 Å². The third-order valence-electron chi connectivity index (χ3n) is 1.78. The highest BCUT2D eigenvalue weighted by Gasteiger charge is 2.03. The van der Waals surface area contributed by atoms with E-state index in [9.17, 15) is 4.79 Å². The first-order valence-corrected chi connectivity index (χ1v) is 4.38. The summed E-state index contributed by atoms with van der Waals surface area (Å²) in [6, 6.07) is 3.51. The lowest BCUT2D eigenvalue weighted by molar-refractivity contribution is -0.114. The lowest BCUT2D eigenvalue weighted by atomic mass is 10.2. The Bertz CT molecular complexity index is 465. The van der Waals surface area contributed by atoms with Gasteiger partial charge in [-0.25, -0.2) is 9.97 Å². The van der Waals surface area contributed by atoms with Gasteiger partial charge in [-0.3, -0.25) is 4.79 Å². The summed E-state index contributed by atoms with van der Waals surface area (Å²) in [5.41, 5.74) is 0.825.